The molecule has 0 fully saturated rings. The van der Waals surface area contributed by atoms with Crippen molar-refractivity contribution < 1.29 is 18.6 Å². The number of pyridine rings is 2. The van der Waals surface area contributed by atoms with Gasteiger partial charge in [0, 0.05) is 22.9 Å². The van der Waals surface area contributed by atoms with Crippen molar-refractivity contribution in [2.45, 2.75) is 6.03 Å². The first-order chi connectivity index (χ1) is 15.3. The van der Waals surface area contributed by atoms with Gasteiger partial charge in [-0.3, -0.25) is 0 Å². The molecule has 0 N–H and O–H groups in total. The summed E-state index contributed by atoms with van der Waals surface area (Å²) in [6.45, 7) is 0. The third-order valence-electron chi connectivity index (χ3n) is 7.11. The maximum atomic E-state index is 6.85. The largest absolute Gasteiger partial charge is 0.716 e. The summed E-state index contributed by atoms with van der Waals surface area (Å²) in [7, 11) is 0. The van der Waals surface area contributed by atoms with Crippen LogP contribution in [0.1, 0.15) is 0 Å². The first-order valence-electron chi connectivity index (χ1n) is 10.5. The first kappa shape index (κ1) is 14.7. The third-order valence-corrected chi connectivity index (χ3v) is 7.11. The molecule has 0 radical (unpaired) electrons. The van der Waals surface area contributed by atoms with Gasteiger partial charge in [0.2, 0.25) is 11.0 Å². The summed E-state index contributed by atoms with van der Waals surface area (Å²) < 4.78 is 18.2. The molecule has 0 bridgehead atoms. The Balaban J connectivity index is 1.61. The Hall–Kier alpha value is -4.18. The molecule has 6 aromatic rings. The smallest absolute Gasteiger partial charge is 0.340 e. The van der Waals surface area contributed by atoms with Crippen molar-refractivity contribution in [3.05, 3.63) is 84.9 Å². The first-order valence-corrected chi connectivity index (χ1v) is 10.5. The second-order valence-electron chi connectivity index (χ2n) is 8.58. The summed E-state index contributed by atoms with van der Waals surface area (Å²) >= 11 is 0. The molecule has 3 aliphatic heterocycles. The lowest BCUT2D eigenvalue weighted by atomic mass is 10.0. The molecular formula is C27H14N2O2+2. The van der Waals surface area contributed by atoms with Gasteiger partial charge >= 0.3 is 6.03 Å². The number of benzene rings is 4. The highest BCUT2D eigenvalue weighted by Gasteiger charge is 2.72. The van der Waals surface area contributed by atoms with Crippen molar-refractivity contribution in [2.75, 3.05) is 0 Å². The van der Waals surface area contributed by atoms with E-state index in [1.807, 2.05) is 0 Å². The summed E-state index contributed by atoms with van der Waals surface area (Å²) in [5.41, 5.74) is 4.50. The van der Waals surface area contributed by atoms with Crippen LogP contribution in [0.4, 0.5) is 0 Å². The highest BCUT2D eigenvalue weighted by molar-refractivity contribution is 6.09. The van der Waals surface area contributed by atoms with Crippen LogP contribution in [-0.2, 0) is 6.03 Å². The molecule has 0 atom stereocenters. The number of rotatable bonds is 0. The van der Waals surface area contributed by atoms with Crippen LogP contribution in [0.5, 0.6) is 11.5 Å². The Morgan fingerprint density at radius 2 is 0.935 bits per heavy atom. The number of nitrogens with zero attached hydrogens (tertiary/aromatic N) is 2. The predicted molar refractivity (Wildman–Crippen MR) is 117 cm³/mol. The quantitative estimate of drug-likeness (QED) is 0.273. The fraction of sp³-hybridized carbons (Fsp3) is 0.0370. The molecule has 31 heavy (non-hydrogen) atoms. The topological polar surface area (TPSA) is 26.2 Å². The van der Waals surface area contributed by atoms with E-state index in [0.29, 0.717) is 0 Å². The number of hydrogen-bond donors (Lipinski definition) is 0. The molecule has 4 heteroatoms. The van der Waals surface area contributed by atoms with E-state index in [9.17, 15) is 0 Å². The Morgan fingerprint density at radius 1 is 0.484 bits per heavy atom. The molecular weight excluding hydrogens is 384 g/mol. The fourth-order valence-corrected chi connectivity index (χ4v) is 5.91. The van der Waals surface area contributed by atoms with E-state index in [2.05, 4.69) is 94.1 Å². The average Bonchev–Trinajstić information content (AvgIpc) is 3.10. The van der Waals surface area contributed by atoms with Crippen LogP contribution in [0, 0.1) is 0 Å². The van der Waals surface area contributed by atoms with E-state index in [-0.39, 0.29) is 0 Å². The maximum Gasteiger partial charge on any atom is 0.716 e. The van der Waals surface area contributed by atoms with Crippen LogP contribution < -0.4 is 18.6 Å². The Kier molecular flexibility index (Phi) is 2.11. The van der Waals surface area contributed by atoms with Gasteiger partial charge in [-0.1, -0.05) is 36.4 Å². The molecule has 0 aliphatic carbocycles. The molecule has 0 saturated heterocycles. The van der Waals surface area contributed by atoms with Gasteiger partial charge in [0.25, 0.3) is 11.4 Å². The zero-order chi connectivity index (χ0) is 19.9. The molecule has 4 aromatic carbocycles. The highest BCUT2D eigenvalue weighted by Crippen LogP contribution is 2.46. The van der Waals surface area contributed by atoms with Crippen LogP contribution >= 0.6 is 0 Å². The highest BCUT2D eigenvalue weighted by atomic mass is 16.7. The van der Waals surface area contributed by atoms with E-state index < -0.39 is 6.03 Å². The van der Waals surface area contributed by atoms with E-state index in [4.69, 9.17) is 9.47 Å². The second kappa shape index (κ2) is 4.44. The lowest BCUT2D eigenvalue weighted by Crippen LogP contribution is -2.78. The van der Waals surface area contributed by atoms with E-state index >= 15 is 0 Å². The molecule has 4 nitrogen and oxygen atoms in total. The molecule has 9 rings (SSSR count). The van der Waals surface area contributed by atoms with Crippen LogP contribution in [0.25, 0.3) is 54.7 Å². The molecule has 0 amide bonds. The van der Waals surface area contributed by atoms with Crippen molar-refractivity contribution in [3.8, 4) is 22.9 Å². The summed E-state index contributed by atoms with van der Waals surface area (Å²) in [5.74, 6) is 1.70. The Morgan fingerprint density at radius 3 is 1.45 bits per heavy atom. The van der Waals surface area contributed by atoms with Gasteiger partial charge < -0.3 is 9.47 Å². The van der Waals surface area contributed by atoms with Gasteiger partial charge in [0.15, 0.2) is 11.5 Å². The minimum atomic E-state index is -1.12. The van der Waals surface area contributed by atoms with Crippen LogP contribution in [0.2, 0.25) is 0 Å². The summed E-state index contributed by atoms with van der Waals surface area (Å²) in [6, 6.07) is 28.9. The van der Waals surface area contributed by atoms with Crippen molar-refractivity contribution in [1.29, 1.82) is 0 Å². The Labute approximate surface area is 176 Å². The van der Waals surface area contributed by atoms with E-state index in [0.717, 1.165) is 44.7 Å². The average molecular weight is 398 g/mol. The van der Waals surface area contributed by atoms with E-state index in [1.165, 1.54) is 21.5 Å². The normalized spacial score (nSPS) is 15.9. The van der Waals surface area contributed by atoms with Gasteiger partial charge in [-0.2, -0.15) is 0 Å². The Bertz CT molecular complexity index is 1720. The molecule has 3 aliphatic rings. The van der Waals surface area contributed by atoms with Crippen LogP contribution in [-0.4, -0.2) is 0 Å². The lowest BCUT2D eigenvalue weighted by molar-refractivity contribution is -1.02. The second-order valence-corrected chi connectivity index (χ2v) is 8.58. The van der Waals surface area contributed by atoms with Gasteiger partial charge in [0.1, 0.15) is 0 Å². The predicted octanol–water partition coefficient (Wildman–Crippen LogP) is 4.76. The molecule has 142 valence electrons. The molecule has 1 spiro atoms. The number of aromatic nitrogens is 2. The summed E-state index contributed by atoms with van der Waals surface area (Å²) in [5, 5.41) is 6.97. The third kappa shape index (κ3) is 1.41. The van der Waals surface area contributed by atoms with Gasteiger partial charge in [-0.05, 0) is 56.3 Å². The number of hydrogen-bond acceptors (Lipinski definition) is 2. The van der Waals surface area contributed by atoms with E-state index in [1.54, 1.807) is 0 Å². The van der Waals surface area contributed by atoms with Crippen LogP contribution in [0.15, 0.2) is 84.9 Å². The van der Waals surface area contributed by atoms with Crippen molar-refractivity contribution >= 4 is 43.4 Å². The minimum Gasteiger partial charge on any atom is -0.340 e. The summed E-state index contributed by atoms with van der Waals surface area (Å²) in [6.07, 6.45) is 0. The SMILES string of the molecule is c1cc2c3c(c1)ccc1ccc4[n+](c13)C1(O2)Oc2cccc3ccc5ccc-4[n+]1c5c23. The van der Waals surface area contributed by atoms with Gasteiger partial charge in [-0.25, -0.2) is 0 Å². The molecule has 0 saturated carbocycles. The molecule has 0 unspecified atom stereocenters. The zero-order valence-electron chi connectivity index (χ0n) is 16.3. The van der Waals surface area contributed by atoms with Gasteiger partial charge in [-0.15, -0.1) is 0 Å². The van der Waals surface area contributed by atoms with Crippen molar-refractivity contribution in [1.82, 2.24) is 0 Å². The molecule has 5 heterocycles. The molecule has 2 aromatic heterocycles. The van der Waals surface area contributed by atoms with Gasteiger partial charge in [0.05, 0.1) is 10.8 Å². The minimum absolute atomic E-state index is 0.851. The maximum absolute atomic E-state index is 6.85. The standard InChI is InChI=1S/C27H14N2O2/c1-3-15-7-9-17-11-13-19-20-14-12-18-10-8-16-4-2-6-22-24(16)26(18)29(20)27(31-22)28(19)25(17)23(15)21(5-1)30-27/h1-14H/q+2. The fourth-order valence-electron chi connectivity index (χ4n) is 5.91. The number of fused-ring (bicyclic) bond motifs is 1. The zero-order valence-corrected chi connectivity index (χ0v) is 16.3. The summed E-state index contributed by atoms with van der Waals surface area (Å²) in [4.78, 5) is 0. The van der Waals surface area contributed by atoms with Crippen molar-refractivity contribution in [3.63, 3.8) is 0 Å². The number of ether oxygens (including phenoxy) is 2. The lowest BCUT2D eigenvalue weighted by Gasteiger charge is -2.27. The van der Waals surface area contributed by atoms with Crippen molar-refractivity contribution in [2.24, 2.45) is 0 Å². The van der Waals surface area contributed by atoms with Crippen LogP contribution in [0.3, 0.4) is 0 Å². The monoisotopic (exact) mass is 398 g/mol.